The first-order valence-electron chi connectivity index (χ1n) is 4.97. The Kier molecular flexibility index (Phi) is 3.37. The SMILES string of the molecule is Cn1cc(CCn2cc(Br)cc(F)c2=O)nn1. The lowest BCUT2D eigenvalue weighted by Crippen LogP contribution is -2.23. The second kappa shape index (κ2) is 4.79. The molecular formula is C10H10BrFN4O. The van der Waals surface area contributed by atoms with E-state index < -0.39 is 11.4 Å². The highest BCUT2D eigenvalue weighted by molar-refractivity contribution is 9.10. The zero-order valence-corrected chi connectivity index (χ0v) is 10.7. The van der Waals surface area contributed by atoms with Gasteiger partial charge in [0.1, 0.15) is 0 Å². The summed E-state index contributed by atoms with van der Waals surface area (Å²) in [5.74, 6) is -0.765. The van der Waals surface area contributed by atoms with E-state index in [2.05, 4.69) is 26.2 Å². The standard InChI is InChI=1S/C10H10BrFN4O/c1-15-6-8(13-14-15)2-3-16-5-7(11)4-9(12)10(16)17/h4-6H,2-3H2,1H3. The molecule has 0 bridgehead atoms. The van der Waals surface area contributed by atoms with Gasteiger partial charge in [-0.1, -0.05) is 5.21 Å². The number of aryl methyl sites for hydroxylation is 3. The normalized spacial score (nSPS) is 10.8. The Morgan fingerprint density at radius 2 is 2.24 bits per heavy atom. The van der Waals surface area contributed by atoms with Gasteiger partial charge >= 0.3 is 0 Å². The van der Waals surface area contributed by atoms with Crippen LogP contribution in [-0.4, -0.2) is 19.6 Å². The van der Waals surface area contributed by atoms with Crippen LogP contribution in [-0.2, 0) is 20.0 Å². The largest absolute Gasteiger partial charge is 0.311 e. The Labute approximate surface area is 105 Å². The molecule has 0 aromatic carbocycles. The van der Waals surface area contributed by atoms with Crippen LogP contribution in [0.3, 0.4) is 0 Å². The first kappa shape index (κ1) is 12.0. The van der Waals surface area contributed by atoms with Crippen molar-refractivity contribution in [3.8, 4) is 0 Å². The fourth-order valence-corrected chi connectivity index (χ4v) is 1.92. The molecule has 0 atom stereocenters. The van der Waals surface area contributed by atoms with E-state index in [0.29, 0.717) is 17.4 Å². The van der Waals surface area contributed by atoms with E-state index in [0.717, 1.165) is 11.8 Å². The van der Waals surface area contributed by atoms with Crippen LogP contribution in [0.5, 0.6) is 0 Å². The van der Waals surface area contributed by atoms with E-state index in [-0.39, 0.29) is 0 Å². The summed E-state index contributed by atoms with van der Waals surface area (Å²) in [5, 5.41) is 7.68. The van der Waals surface area contributed by atoms with Crippen molar-refractivity contribution >= 4 is 15.9 Å². The summed E-state index contributed by atoms with van der Waals surface area (Å²) < 4.78 is 16.6. The Bertz CT molecular complexity index is 592. The zero-order valence-electron chi connectivity index (χ0n) is 9.10. The van der Waals surface area contributed by atoms with E-state index in [1.165, 1.54) is 4.57 Å². The third-order valence-electron chi connectivity index (χ3n) is 2.27. The summed E-state index contributed by atoms with van der Waals surface area (Å²) in [7, 11) is 1.77. The van der Waals surface area contributed by atoms with Crippen molar-refractivity contribution in [3.05, 3.63) is 44.8 Å². The second-order valence-corrected chi connectivity index (χ2v) is 4.55. The Hall–Kier alpha value is -1.50. The Morgan fingerprint density at radius 3 is 2.88 bits per heavy atom. The van der Waals surface area contributed by atoms with Crippen molar-refractivity contribution in [2.24, 2.45) is 7.05 Å². The summed E-state index contributed by atoms with van der Waals surface area (Å²) in [5.41, 5.74) is 0.136. The minimum absolute atomic E-state index is 0.369. The third kappa shape index (κ3) is 2.79. The first-order chi connectivity index (χ1) is 8.06. The van der Waals surface area contributed by atoms with Gasteiger partial charge in [0.25, 0.3) is 5.56 Å². The lowest BCUT2D eigenvalue weighted by atomic mass is 10.3. The molecule has 0 aliphatic rings. The van der Waals surface area contributed by atoms with Gasteiger partial charge in [0.05, 0.1) is 5.69 Å². The highest BCUT2D eigenvalue weighted by Crippen LogP contribution is 2.08. The summed E-state index contributed by atoms with van der Waals surface area (Å²) in [6, 6.07) is 1.15. The number of nitrogens with zero attached hydrogens (tertiary/aromatic N) is 4. The fraction of sp³-hybridized carbons (Fsp3) is 0.300. The number of hydrogen-bond acceptors (Lipinski definition) is 3. The molecule has 0 radical (unpaired) electrons. The molecule has 2 rings (SSSR count). The monoisotopic (exact) mass is 300 g/mol. The highest BCUT2D eigenvalue weighted by Gasteiger charge is 2.06. The Balaban J connectivity index is 2.17. The molecule has 2 aromatic heterocycles. The molecule has 0 spiro atoms. The summed E-state index contributed by atoms with van der Waals surface area (Å²) in [6.45, 7) is 0.369. The lowest BCUT2D eigenvalue weighted by molar-refractivity contribution is 0.561. The molecule has 0 unspecified atom stereocenters. The van der Waals surface area contributed by atoms with E-state index in [1.807, 2.05) is 0 Å². The van der Waals surface area contributed by atoms with Crippen molar-refractivity contribution in [1.82, 2.24) is 19.6 Å². The summed E-state index contributed by atoms with van der Waals surface area (Å²) >= 11 is 3.15. The molecule has 7 heteroatoms. The van der Waals surface area contributed by atoms with Crippen molar-refractivity contribution < 1.29 is 4.39 Å². The van der Waals surface area contributed by atoms with Crippen LogP contribution in [0.15, 0.2) is 27.7 Å². The molecule has 0 fully saturated rings. The molecule has 0 amide bonds. The predicted molar refractivity (Wildman–Crippen MR) is 63.1 cm³/mol. The number of rotatable bonds is 3. The van der Waals surface area contributed by atoms with Crippen LogP contribution >= 0.6 is 15.9 Å². The minimum Gasteiger partial charge on any atom is -0.311 e. The van der Waals surface area contributed by atoms with Gasteiger partial charge < -0.3 is 4.57 Å². The van der Waals surface area contributed by atoms with E-state index in [9.17, 15) is 9.18 Å². The zero-order chi connectivity index (χ0) is 12.4. The number of pyridine rings is 1. The molecular weight excluding hydrogens is 291 g/mol. The molecule has 2 aromatic rings. The average Bonchev–Trinajstić information content (AvgIpc) is 2.67. The van der Waals surface area contributed by atoms with Crippen molar-refractivity contribution in [2.45, 2.75) is 13.0 Å². The van der Waals surface area contributed by atoms with Crippen molar-refractivity contribution in [1.29, 1.82) is 0 Å². The van der Waals surface area contributed by atoms with Crippen LogP contribution in [0.1, 0.15) is 5.69 Å². The van der Waals surface area contributed by atoms with Crippen LogP contribution in [0, 0.1) is 5.82 Å². The molecule has 90 valence electrons. The summed E-state index contributed by atoms with van der Waals surface area (Å²) in [4.78, 5) is 11.5. The summed E-state index contributed by atoms with van der Waals surface area (Å²) in [6.07, 6.45) is 3.85. The molecule has 0 saturated carbocycles. The lowest BCUT2D eigenvalue weighted by Gasteiger charge is -2.04. The van der Waals surface area contributed by atoms with Crippen LogP contribution < -0.4 is 5.56 Å². The van der Waals surface area contributed by atoms with Gasteiger partial charge in [0, 0.05) is 36.9 Å². The van der Waals surface area contributed by atoms with Crippen LogP contribution in [0.4, 0.5) is 4.39 Å². The van der Waals surface area contributed by atoms with Gasteiger partial charge in [-0.2, -0.15) is 0 Å². The highest BCUT2D eigenvalue weighted by atomic mass is 79.9. The average molecular weight is 301 g/mol. The molecule has 0 N–H and O–H groups in total. The maximum absolute atomic E-state index is 13.2. The molecule has 5 nitrogen and oxygen atoms in total. The van der Waals surface area contributed by atoms with Crippen LogP contribution in [0.2, 0.25) is 0 Å². The number of hydrogen-bond donors (Lipinski definition) is 0. The molecule has 0 saturated heterocycles. The number of halogens is 2. The second-order valence-electron chi connectivity index (χ2n) is 3.64. The third-order valence-corrected chi connectivity index (χ3v) is 2.70. The van der Waals surface area contributed by atoms with Crippen molar-refractivity contribution in [2.75, 3.05) is 0 Å². The first-order valence-corrected chi connectivity index (χ1v) is 5.76. The van der Waals surface area contributed by atoms with Gasteiger partial charge in [0.15, 0.2) is 5.82 Å². The molecule has 17 heavy (non-hydrogen) atoms. The predicted octanol–water partition coefficient (Wildman–Crippen LogP) is 1.12. The minimum atomic E-state index is -0.765. The molecule has 0 aliphatic heterocycles. The van der Waals surface area contributed by atoms with E-state index in [1.54, 1.807) is 24.1 Å². The quantitative estimate of drug-likeness (QED) is 0.853. The van der Waals surface area contributed by atoms with E-state index in [4.69, 9.17) is 0 Å². The number of aromatic nitrogens is 4. The van der Waals surface area contributed by atoms with Gasteiger partial charge in [-0.25, -0.2) is 4.39 Å². The van der Waals surface area contributed by atoms with Gasteiger partial charge in [-0.05, 0) is 22.0 Å². The maximum Gasteiger partial charge on any atom is 0.286 e. The Morgan fingerprint density at radius 1 is 1.47 bits per heavy atom. The van der Waals surface area contributed by atoms with Crippen molar-refractivity contribution in [3.63, 3.8) is 0 Å². The molecule has 2 heterocycles. The van der Waals surface area contributed by atoms with E-state index >= 15 is 0 Å². The topological polar surface area (TPSA) is 52.7 Å². The van der Waals surface area contributed by atoms with Crippen LogP contribution in [0.25, 0.3) is 0 Å². The van der Waals surface area contributed by atoms with Gasteiger partial charge in [-0.15, -0.1) is 5.10 Å². The van der Waals surface area contributed by atoms with Gasteiger partial charge in [0.2, 0.25) is 0 Å². The fourth-order valence-electron chi connectivity index (χ4n) is 1.48. The maximum atomic E-state index is 13.2. The smallest absolute Gasteiger partial charge is 0.286 e. The van der Waals surface area contributed by atoms with Gasteiger partial charge in [-0.3, -0.25) is 9.48 Å². The molecule has 0 aliphatic carbocycles.